The van der Waals surface area contributed by atoms with Crippen molar-refractivity contribution in [2.45, 2.75) is 37.3 Å². The summed E-state index contributed by atoms with van der Waals surface area (Å²) in [7, 11) is 0. The maximum Gasteiger partial charge on any atom is 0.407 e. The molecule has 1 atom stereocenters. The second kappa shape index (κ2) is 9.74. The molecule has 0 bridgehead atoms. The van der Waals surface area contributed by atoms with Crippen LogP contribution >= 0.6 is 23.5 Å². The van der Waals surface area contributed by atoms with Crippen molar-refractivity contribution in [2.24, 2.45) is 0 Å². The number of carboxylic acid groups (broad SMARTS) is 1. The third kappa shape index (κ3) is 7.12. The lowest BCUT2D eigenvalue weighted by molar-refractivity contribution is 0.0981. The van der Waals surface area contributed by atoms with E-state index in [4.69, 9.17) is 0 Å². The van der Waals surface area contributed by atoms with E-state index in [1.807, 2.05) is 50.4 Å². The van der Waals surface area contributed by atoms with Crippen LogP contribution in [0.5, 0.6) is 0 Å². The maximum atomic E-state index is 11.7. The van der Waals surface area contributed by atoms with Gasteiger partial charge in [-0.1, -0.05) is 30.3 Å². The van der Waals surface area contributed by atoms with Gasteiger partial charge in [-0.05, 0) is 26.3 Å². The van der Waals surface area contributed by atoms with Gasteiger partial charge in [0.15, 0.2) is 0 Å². The van der Waals surface area contributed by atoms with Gasteiger partial charge in [0.05, 0.1) is 0 Å². The molecule has 0 spiro atoms. The molecule has 25 heavy (non-hydrogen) atoms. The summed E-state index contributed by atoms with van der Waals surface area (Å²) >= 11 is 3.88. The Kier molecular flexibility index (Phi) is 7.97. The molecule has 1 saturated heterocycles. The molecule has 0 aromatic heterocycles. The summed E-state index contributed by atoms with van der Waals surface area (Å²) in [5.74, 6) is 3.28. The molecule has 1 N–H and O–H groups in total. The molecule has 1 aromatic carbocycles. The Hall–Kier alpha value is -0.850. The van der Waals surface area contributed by atoms with Crippen LogP contribution in [0.1, 0.15) is 26.3 Å². The Morgan fingerprint density at radius 2 is 1.92 bits per heavy atom. The van der Waals surface area contributed by atoms with Crippen LogP contribution in [0, 0.1) is 0 Å². The van der Waals surface area contributed by atoms with Gasteiger partial charge in [0.2, 0.25) is 0 Å². The Balaban J connectivity index is 2.02. The van der Waals surface area contributed by atoms with Crippen LogP contribution in [0.3, 0.4) is 0 Å². The number of carbonyl (C=O) groups is 1. The van der Waals surface area contributed by atoms with E-state index in [0.717, 1.165) is 25.4 Å². The number of rotatable bonds is 7. The lowest BCUT2D eigenvalue weighted by Crippen LogP contribution is -2.50. The number of hydrogen-bond acceptors (Lipinski definition) is 4. The highest BCUT2D eigenvalue weighted by Crippen LogP contribution is 2.24. The quantitative estimate of drug-likeness (QED) is 0.768. The Bertz CT molecular complexity index is 528. The van der Waals surface area contributed by atoms with E-state index in [2.05, 4.69) is 29.2 Å². The van der Waals surface area contributed by atoms with Gasteiger partial charge in [-0.2, -0.15) is 23.5 Å². The van der Waals surface area contributed by atoms with E-state index in [0.29, 0.717) is 6.54 Å². The van der Waals surface area contributed by atoms with Crippen molar-refractivity contribution in [3.8, 4) is 0 Å². The number of benzene rings is 1. The highest BCUT2D eigenvalue weighted by molar-refractivity contribution is 7.99. The van der Waals surface area contributed by atoms with Crippen LogP contribution in [0.2, 0.25) is 0 Å². The van der Waals surface area contributed by atoms with Gasteiger partial charge < -0.3 is 14.9 Å². The van der Waals surface area contributed by atoms with Crippen LogP contribution in [0.4, 0.5) is 4.79 Å². The second-order valence-corrected chi connectivity index (χ2v) is 9.91. The first kappa shape index (κ1) is 20.5. The summed E-state index contributed by atoms with van der Waals surface area (Å²) in [6.07, 6.45) is -0.827. The third-order valence-electron chi connectivity index (χ3n) is 4.32. The minimum atomic E-state index is -0.827. The smallest absolute Gasteiger partial charge is 0.407 e. The van der Waals surface area contributed by atoms with Crippen LogP contribution in [-0.2, 0) is 5.75 Å². The third-order valence-corrected chi connectivity index (χ3v) is 6.53. The average molecular weight is 383 g/mol. The molecule has 1 heterocycles. The van der Waals surface area contributed by atoms with Gasteiger partial charge in [-0.15, -0.1) is 0 Å². The summed E-state index contributed by atoms with van der Waals surface area (Å²) in [4.78, 5) is 15.8. The minimum absolute atomic E-state index is 0.277. The highest BCUT2D eigenvalue weighted by Gasteiger charge is 2.30. The van der Waals surface area contributed by atoms with Crippen LogP contribution in [0.25, 0.3) is 0 Å². The van der Waals surface area contributed by atoms with Crippen molar-refractivity contribution < 1.29 is 9.90 Å². The van der Waals surface area contributed by atoms with E-state index in [1.54, 1.807) is 4.90 Å². The van der Waals surface area contributed by atoms with Crippen LogP contribution in [0.15, 0.2) is 30.3 Å². The van der Waals surface area contributed by atoms with Crippen LogP contribution < -0.4 is 0 Å². The molecule has 0 radical (unpaired) electrons. The van der Waals surface area contributed by atoms with Gasteiger partial charge in [0.25, 0.3) is 0 Å². The summed E-state index contributed by atoms with van der Waals surface area (Å²) in [5.41, 5.74) is 0.916. The molecule has 0 aliphatic carbocycles. The number of hydrogen-bond donors (Lipinski definition) is 1. The Labute approximate surface area is 160 Å². The first-order valence-electron chi connectivity index (χ1n) is 8.82. The second-order valence-electron chi connectivity index (χ2n) is 7.40. The minimum Gasteiger partial charge on any atom is -0.465 e. The number of thioether (sulfide) groups is 2. The monoisotopic (exact) mass is 382 g/mol. The van der Waals surface area contributed by atoms with E-state index >= 15 is 0 Å². The zero-order valence-corrected chi connectivity index (χ0v) is 17.1. The van der Waals surface area contributed by atoms with Crippen molar-refractivity contribution in [1.82, 2.24) is 9.80 Å². The molecule has 6 heteroatoms. The molecular formula is C19H30N2O2S2. The molecule has 1 fully saturated rings. The van der Waals surface area contributed by atoms with Gasteiger partial charge in [-0.25, -0.2) is 4.79 Å². The SMILES string of the molecule is CC(C)(C)N(CC(CN1CCSCC1)SCc1ccccc1)C(=O)O. The molecule has 1 unspecified atom stereocenters. The normalized spacial score (nSPS) is 17.2. The fourth-order valence-corrected chi connectivity index (χ4v) is 5.04. The van der Waals surface area contributed by atoms with Gasteiger partial charge in [-0.3, -0.25) is 0 Å². The van der Waals surface area contributed by atoms with Crippen molar-refractivity contribution in [3.05, 3.63) is 35.9 Å². The molecular weight excluding hydrogens is 352 g/mol. The first-order chi connectivity index (χ1) is 11.9. The molecule has 1 aromatic rings. The zero-order chi connectivity index (χ0) is 18.3. The van der Waals surface area contributed by atoms with Crippen molar-refractivity contribution >= 4 is 29.6 Å². The van der Waals surface area contributed by atoms with Crippen molar-refractivity contribution in [1.29, 1.82) is 0 Å². The van der Waals surface area contributed by atoms with Gasteiger partial charge in [0, 0.05) is 54.2 Å². The fraction of sp³-hybridized carbons (Fsp3) is 0.632. The molecule has 140 valence electrons. The molecule has 1 aliphatic rings. The summed E-state index contributed by atoms with van der Waals surface area (Å²) in [6, 6.07) is 10.4. The zero-order valence-electron chi connectivity index (χ0n) is 15.5. The average Bonchev–Trinajstić information content (AvgIpc) is 2.57. The molecule has 0 saturated carbocycles. The van der Waals surface area contributed by atoms with Gasteiger partial charge in [0.1, 0.15) is 0 Å². The largest absolute Gasteiger partial charge is 0.465 e. The van der Waals surface area contributed by atoms with E-state index in [1.165, 1.54) is 17.1 Å². The number of nitrogens with zero attached hydrogens (tertiary/aromatic N) is 2. The molecule has 1 amide bonds. The lowest BCUT2D eigenvalue weighted by atomic mass is 10.1. The van der Waals surface area contributed by atoms with Gasteiger partial charge >= 0.3 is 6.09 Å². The van der Waals surface area contributed by atoms with E-state index < -0.39 is 6.09 Å². The standard InChI is InChI=1S/C19H30N2O2S2/c1-19(2,3)21(18(22)23)14-17(13-20-9-11-24-12-10-20)25-15-16-7-5-4-6-8-16/h4-8,17H,9-15H2,1-3H3,(H,22,23). The topological polar surface area (TPSA) is 43.8 Å². The predicted octanol–water partition coefficient (Wildman–Crippen LogP) is 4.12. The Morgan fingerprint density at radius 1 is 1.28 bits per heavy atom. The van der Waals surface area contributed by atoms with E-state index in [-0.39, 0.29) is 10.8 Å². The highest BCUT2D eigenvalue weighted by atomic mass is 32.2. The molecule has 1 aliphatic heterocycles. The Morgan fingerprint density at radius 3 is 2.48 bits per heavy atom. The van der Waals surface area contributed by atoms with E-state index in [9.17, 15) is 9.90 Å². The fourth-order valence-electron chi connectivity index (χ4n) is 2.87. The summed E-state index contributed by atoms with van der Waals surface area (Å²) in [5, 5.41) is 9.93. The van der Waals surface area contributed by atoms with Crippen LogP contribution in [-0.4, -0.2) is 69.5 Å². The first-order valence-corrected chi connectivity index (χ1v) is 11.0. The summed E-state index contributed by atoms with van der Waals surface area (Å²) in [6.45, 7) is 9.65. The molecule has 2 rings (SSSR count). The predicted molar refractivity (Wildman–Crippen MR) is 110 cm³/mol. The maximum absolute atomic E-state index is 11.7. The van der Waals surface area contributed by atoms with Crippen molar-refractivity contribution in [3.63, 3.8) is 0 Å². The lowest BCUT2D eigenvalue weighted by Gasteiger charge is -2.37. The molecule has 4 nitrogen and oxygen atoms in total. The number of amides is 1. The van der Waals surface area contributed by atoms with Crippen molar-refractivity contribution in [2.75, 3.05) is 37.7 Å². The summed E-state index contributed by atoms with van der Waals surface area (Å²) < 4.78 is 0.